The smallest absolute Gasteiger partial charge is 0.103 e. The molecule has 0 aliphatic carbocycles. The number of para-hydroxylation sites is 1. The number of hydrogen-bond acceptors (Lipinski definition) is 5. The second-order valence-electron chi connectivity index (χ2n) is 6.30. The number of fused-ring (bicyclic) bond motifs is 1. The quantitative estimate of drug-likeness (QED) is 0.767. The van der Waals surface area contributed by atoms with Crippen molar-refractivity contribution >= 4 is 28.2 Å². The standard InChI is InChI=1S/C19H23ClN4O/c1-3-25-10-9-23-7-8-24(13-14(23)2)19-15(11-21)12-22-18-16(19)5-4-6-17(18)20/h4-6,12,14H,3,7-10,13H2,1-2H3. The van der Waals surface area contributed by atoms with E-state index in [0.29, 0.717) is 16.6 Å². The Morgan fingerprint density at radius 1 is 1.40 bits per heavy atom. The second-order valence-corrected chi connectivity index (χ2v) is 6.70. The van der Waals surface area contributed by atoms with Gasteiger partial charge in [-0.2, -0.15) is 5.26 Å². The third-order valence-corrected chi connectivity index (χ3v) is 5.05. The fraction of sp³-hybridized carbons (Fsp3) is 0.474. The molecular formula is C19H23ClN4O. The predicted octanol–water partition coefficient (Wildman–Crippen LogP) is 3.31. The highest BCUT2D eigenvalue weighted by Gasteiger charge is 2.26. The van der Waals surface area contributed by atoms with Crippen LogP contribution in [-0.2, 0) is 4.74 Å². The molecule has 0 spiro atoms. The molecule has 3 rings (SSSR count). The van der Waals surface area contributed by atoms with Gasteiger partial charge in [-0.05, 0) is 19.9 Å². The molecule has 0 N–H and O–H groups in total. The van der Waals surface area contributed by atoms with Crippen molar-refractivity contribution in [1.82, 2.24) is 9.88 Å². The third-order valence-electron chi connectivity index (χ3n) is 4.75. The van der Waals surface area contributed by atoms with Crippen LogP contribution in [0.4, 0.5) is 5.69 Å². The number of piperazine rings is 1. The molecule has 6 heteroatoms. The van der Waals surface area contributed by atoms with Crippen molar-refractivity contribution in [3.63, 3.8) is 0 Å². The van der Waals surface area contributed by atoms with Gasteiger partial charge in [-0.3, -0.25) is 9.88 Å². The molecule has 25 heavy (non-hydrogen) atoms. The first kappa shape index (κ1) is 17.9. The molecule has 5 nitrogen and oxygen atoms in total. The molecule has 0 bridgehead atoms. The van der Waals surface area contributed by atoms with E-state index in [1.165, 1.54) is 0 Å². The van der Waals surface area contributed by atoms with Gasteiger partial charge in [0.1, 0.15) is 6.07 Å². The van der Waals surface area contributed by atoms with Crippen LogP contribution in [0.2, 0.25) is 5.02 Å². The monoisotopic (exact) mass is 358 g/mol. The van der Waals surface area contributed by atoms with Crippen molar-refractivity contribution < 1.29 is 4.74 Å². The van der Waals surface area contributed by atoms with Crippen molar-refractivity contribution in [3.8, 4) is 6.07 Å². The van der Waals surface area contributed by atoms with Crippen LogP contribution < -0.4 is 4.90 Å². The first-order chi connectivity index (χ1) is 12.2. The van der Waals surface area contributed by atoms with Gasteiger partial charge < -0.3 is 9.64 Å². The van der Waals surface area contributed by atoms with E-state index in [9.17, 15) is 5.26 Å². The molecular weight excluding hydrogens is 336 g/mol. The van der Waals surface area contributed by atoms with Gasteiger partial charge in [0, 0.05) is 50.4 Å². The molecule has 0 radical (unpaired) electrons. The minimum absolute atomic E-state index is 0.392. The van der Waals surface area contributed by atoms with Crippen molar-refractivity contribution in [1.29, 1.82) is 5.26 Å². The number of anilines is 1. The van der Waals surface area contributed by atoms with Crippen molar-refractivity contribution in [2.75, 3.05) is 44.3 Å². The molecule has 1 fully saturated rings. The number of ether oxygens (including phenoxy) is 1. The van der Waals surface area contributed by atoms with Gasteiger partial charge in [0.25, 0.3) is 0 Å². The average molecular weight is 359 g/mol. The van der Waals surface area contributed by atoms with E-state index in [1.54, 1.807) is 6.20 Å². The summed E-state index contributed by atoms with van der Waals surface area (Å²) in [5.41, 5.74) is 2.31. The van der Waals surface area contributed by atoms with Crippen molar-refractivity contribution in [2.24, 2.45) is 0 Å². The van der Waals surface area contributed by atoms with Gasteiger partial charge in [0.2, 0.25) is 0 Å². The Labute approximate surface area is 153 Å². The summed E-state index contributed by atoms with van der Waals surface area (Å²) in [4.78, 5) is 9.11. The maximum absolute atomic E-state index is 9.56. The van der Waals surface area contributed by atoms with Gasteiger partial charge in [-0.1, -0.05) is 23.7 Å². The fourth-order valence-electron chi connectivity index (χ4n) is 3.45. The van der Waals surface area contributed by atoms with Gasteiger partial charge in [-0.25, -0.2) is 0 Å². The Hall–Kier alpha value is -1.87. The zero-order valence-electron chi connectivity index (χ0n) is 14.7. The molecule has 2 aromatic rings. The summed E-state index contributed by atoms with van der Waals surface area (Å²) in [6.45, 7) is 9.39. The van der Waals surface area contributed by atoms with Crippen LogP contribution >= 0.6 is 11.6 Å². The molecule has 1 aromatic heterocycles. The molecule has 1 unspecified atom stereocenters. The SMILES string of the molecule is CCOCCN1CCN(c2c(C#N)cnc3c(Cl)cccc23)CC1C. The lowest BCUT2D eigenvalue weighted by molar-refractivity contribution is 0.0926. The number of nitrogens with zero attached hydrogens (tertiary/aromatic N) is 4. The van der Waals surface area contributed by atoms with Gasteiger partial charge in [-0.15, -0.1) is 0 Å². The molecule has 1 aromatic carbocycles. The highest BCUT2D eigenvalue weighted by atomic mass is 35.5. The lowest BCUT2D eigenvalue weighted by atomic mass is 10.1. The summed E-state index contributed by atoms with van der Waals surface area (Å²) in [5, 5.41) is 11.1. The first-order valence-electron chi connectivity index (χ1n) is 8.69. The van der Waals surface area contributed by atoms with E-state index in [-0.39, 0.29) is 0 Å². The number of nitriles is 1. The topological polar surface area (TPSA) is 52.4 Å². The van der Waals surface area contributed by atoms with Crippen LogP contribution in [0, 0.1) is 11.3 Å². The van der Waals surface area contributed by atoms with E-state index < -0.39 is 0 Å². The maximum atomic E-state index is 9.56. The molecule has 0 amide bonds. The number of hydrogen-bond donors (Lipinski definition) is 0. The van der Waals surface area contributed by atoms with Crippen LogP contribution in [0.25, 0.3) is 10.9 Å². The predicted molar refractivity (Wildman–Crippen MR) is 101 cm³/mol. The van der Waals surface area contributed by atoms with E-state index >= 15 is 0 Å². The summed E-state index contributed by atoms with van der Waals surface area (Å²) < 4.78 is 5.48. The number of aromatic nitrogens is 1. The van der Waals surface area contributed by atoms with E-state index in [0.717, 1.165) is 56.0 Å². The molecule has 132 valence electrons. The van der Waals surface area contributed by atoms with E-state index in [4.69, 9.17) is 16.3 Å². The highest BCUT2D eigenvalue weighted by molar-refractivity contribution is 6.35. The zero-order valence-corrected chi connectivity index (χ0v) is 15.5. The molecule has 1 atom stereocenters. The lowest BCUT2D eigenvalue weighted by Crippen LogP contribution is -2.53. The molecule has 2 heterocycles. The number of halogens is 1. The Kier molecular flexibility index (Phi) is 5.74. The van der Waals surface area contributed by atoms with Gasteiger partial charge in [0.15, 0.2) is 0 Å². The highest BCUT2D eigenvalue weighted by Crippen LogP contribution is 2.33. The second kappa shape index (κ2) is 8.01. The van der Waals surface area contributed by atoms with Crippen LogP contribution in [-0.4, -0.2) is 55.3 Å². The Morgan fingerprint density at radius 2 is 2.24 bits per heavy atom. The molecule has 1 aliphatic rings. The third kappa shape index (κ3) is 3.72. The van der Waals surface area contributed by atoms with E-state index in [2.05, 4.69) is 27.8 Å². The van der Waals surface area contributed by atoms with Crippen LogP contribution in [0.15, 0.2) is 24.4 Å². The first-order valence-corrected chi connectivity index (χ1v) is 9.07. The maximum Gasteiger partial charge on any atom is 0.103 e. The Balaban J connectivity index is 1.88. The summed E-state index contributed by atoms with van der Waals surface area (Å²) in [6, 6.07) is 8.43. The fourth-order valence-corrected chi connectivity index (χ4v) is 3.68. The lowest BCUT2D eigenvalue weighted by Gasteiger charge is -2.41. The molecule has 1 saturated heterocycles. The van der Waals surface area contributed by atoms with Crippen molar-refractivity contribution in [3.05, 3.63) is 35.0 Å². The zero-order chi connectivity index (χ0) is 17.8. The molecule has 1 aliphatic heterocycles. The van der Waals surface area contributed by atoms with Gasteiger partial charge >= 0.3 is 0 Å². The largest absolute Gasteiger partial charge is 0.380 e. The Bertz CT molecular complexity index is 789. The number of benzene rings is 1. The normalized spacial score (nSPS) is 18.5. The number of pyridine rings is 1. The summed E-state index contributed by atoms with van der Waals surface area (Å²) in [5.74, 6) is 0. The minimum atomic E-state index is 0.392. The summed E-state index contributed by atoms with van der Waals surface area (Å²) >= 11 is 6.30. The Morgan fingerprint density at radius 3 is 2.96 bits per heavy atom. The van der Waals surface area contributed by atoms with Crippen LogP contribution in [0.1, 0.15) is 19.4 Å². The van der Waals surface area contributed by atoms with Gasteiger partial charge in [0.05, 0.1) is 28.4 Å². The average Bonchev–Trinajstić information content (AvgIpc) is 2.62. The summed E-state index contributed by atoms with van der Waals surface area (Å²) in [6.07, 6.45) is 1.63. The van der Waals surface area contributed by atoms with Crippen LogP contribution in [0.5, 0.6) is 0 Å². The minimum Gasteiger partial charge on any atom is -0.380 e. The number of rotatable bonds is 5. The summed E-state index contributed by atoms with van der Waals surface area (Å²) in [7, 11) is 0. The van der Waals surface area contributed by atoms with Crippen molar-refractivity contribution in [2.45, 2.75) is 19.9 Å². The van der Waals surface area contributed by atoms with E-state index in [1.807, 2.05) is 25.1 Å². The molecule has 0 saturated carbocycles. The van der Waals surface area contributed by atoms with Crippen LogP contribution in [0.3, 0.4) is 0 Å².